The number of hydrogen-bond acceptors (Lipinski definition) is 8. The molecule has 0 saturated carbocycles. The van der Waals surface area contributed by atoms with Gasteiger partial charge in [-0.3, -0.25) is 19.9 Å². The van der Waals surface area contributed by atoms with Crippen molar-refractivity contribution in [2.24, 2.45) is 10.9 Å². The molecule has 0 fully saturated rings. The minimum atomic E-state index is -0.885. The lowest BCUT2D eigenvalue weighted by Crippen LogP contribution is -2.36. The summed E-state index contributed by atoms with van der Waals surface area (Å²) in [5, 5.41) is 14.6. The van der Waals surface area contributed by atoms with Crippen LogP contribution in [0.1, 0.15) is 51.5 Å². The van der Waals surface area contributed by atoms with E-state index in [0.717, 1.165) is 25.9 Å². The molecular weight excluding hydrogens is 414 g/mol. The van der Waals surface area contributed by atoms with Crippen molar-refractivity contribution in [3.8, 4) is 0 Å². The number of nitrogens with one attached hydrogen (secondary N) is 1. The van der Waals surface area contributed by atoms with Crippen molar-refractivity contribution in [3.63, 3.8) is 0 Å². The van der Waals surface area contributed by atoms with Crippen LogP contribution >= 0.6 is 0 Å². The van der Waals surface area contributed by atoms with E-state index >= 15 is 0 Å². The quantitative estimate of drug-likeness (QED) is 0.239. The van der Waals surface area contributed by atoms with Gasteiger partial charge in [0.2, 0.25) is 0 Å². The molecule has 2 rings (SSSR count). The van der Waals surface area contributed by atoms with Crippen molar-refractivity contribution in [2.45, 2.75) is 46.0 Å². The number of allylic oxidation sites excluding steroid dienone is 1. The van der Waals surface area contributed by atoms with Crippen molar-refractivity contribution in [3.05, 3.63) is 51.2 Å². The lowest BCUT2D eigenvalue weighted by atomic mass is 9.75. The highest BCUT2D eigenvalue weighted by molar-refractivity contribution is 6.07. The normalized spacial score (nSPS) is 18.2. The zero-order valence-corrected chi connectivity index (χ0v) is 19.1. The van der Waals surface area contributed by atoms with Crippen LogP contribution in [0.3, 0.4) is 0 Å². The monoisotopic (exact) mass is 445 g/mol. The number of benzene rings is 1. The van der Waals surface area contributed by atoms with Crippen LogP contribution in [0.5, 0.6) is 0 Å². The van der Waals surface area contributed by atoms with Gasteiger partial charge in [0.25, 0.3) is 5.69 Å². The van der Waals surface area contributed by atoms with Gasteiger partial charge >= 0.3 is 11.9 Å². The predicted molar refractivity (Wildman–Crippen MR) is 121 cm³/mol. The minimum absolute atomic E-state index is 0.130. The van der Waals surface area contributed by atoms with Gasteiger partial charge in [0, 0.05) is 29.5 Å². The zero-order chi connectivity index (χ0) is 23.7. The van der Waals surface area contributed by atoms with E-state index in [1.807, 2.05) is 0 Å². The number of unbranched alkanes of at least 4 members (excludes halogenated alkanes) is 1. The fourth-order valence-corrected chi connectivity index (χ4v) is 3.79. The first-order chi connectivity index (χ1) is 15.3. The Bertz CT molecular complexity index is 909. The van der Waals surface area contributed by atoms with E-state index in [1.165, 1.54) is 25.3 Å². The van der Waals surface area contributed by atoms with Gasteiger partial charge in [0.1, 0.15) is 5.92 Å². The standard InChI is InChI=1S/C23H31N3O6/c1-5-6-11-24-12-8-13-32-23(28)20-16(3)25-15(2)19(22(27)31-4)21(20)17-9-7-10-18(14-17)26(29)30/h7,9-10,14,19,21,24H,5-6,8,11-13H2,1-4H3. The maximum atomic E-state index is 13.1. The summed E-state index contributed by atoms with van der Waals surface area (Å²) in [6.07, 6.45) is 2.84. The molecule has 32 heavy (non-hydrogen) atoms. The second-order valence-corrected chi connectivity index (χ2v) is 7.68. The third kappa shape index (κ3) is 6.23. The highest BCUT2D eigenvalue weighted by atomic mass is 16.6. The Hall–Kier alpha value is -3.07. The number of nitrogens with zero attached hydrogens (tertiary/aromatic N) is 2. The van der Waals surface area contributed by atoms with E-state index in [2.05, 4.69) is 17.2 Å². The summed E-state index contributed by atoms with van der Waals surface area (Å²) in [6, 6.07) is 5.92. The molecular formula is C23H31N3O6. The van der Waals surface area contributed by atoms with Crippen LogP contribution in [0, 0.1) is 16.0 Å². The summed E-state index contributed by atoms with van der Waals surface area (Å²) in [5.74, 6) is -2.84. The summed E-state index contributed by atoms with van der Waals surface area (Å²) in [7, 11) is 1.26. The number of esters is 2. The Morgan fingerprint density at radius 1 is 1.22 bits per heavy atom. The number of rotatable bonds is 11. The lowest BCUT2D eigenvalue weighted by molar-refractivity contribution is -0.384. The van der Waals surface area contributed by atoms with Gasteiger partial charge in [-0.05, 0) is 45.3 Å². The SMILES string of the molecule is CCCCNCCCOC(=O)C1=C(C)N=C(C)C(C(=O)OC)C1c1cccc([N+](=O)[O-])c1. The molecule has 0 aliphatic carbocycles. The first-order valence-corrected chi connectivity index (χ1v) is 10.8. The van der Waals surface area contributed by atoms with Crippen LogP contribution in [0.4, 0.5) is 5.69 Å². The molecule has 9 nitrogen and oxygen atoms in total. The van der Waals surface area contributed by atoms with Gasteiger partial charge in [-0.1, -0.05) is 25.5 Å². The summed E-state index contributed by atoms with van der Waals surface area (Å²) < 4.78 is 10.5. The van der Waals surface area contributed by atoms with Crippen LogP contribution in [0.2, 0.25) is 0 Å². The number of carbonyl (C=O) groups is 2. The maximum Gasteiger partial charge on any atom is 0.336 e. The maximum absolute atomic E-state index is 13.1. The molecule has 1 aromatic carbocycles. The fourth-order valence-electron chi connectivity index (χ4n) is 3.79. The molecule has 1 heterocycles. The van der Waals surface area contributed by atoms with Crippen LogP contribution in [-0.4, -0.2) is 49.4 Å². The Morgan fingerprint density at radius 2 is 1.94 bits per heavy atom. The third-order valence-electron chi connectivity index (χ3n) is 5.38. The van der Waals surface area contributed by atoms with Gasteiger partial charge in [-0.2, -0.15) is 0 Å². The van der Waals surface area contributed by atoms with Crippen LogP contribution in [-0.2, 0) is 19.1 Å². The van der Waals surface area contributed by atoms with Crippen LogP contribution in [0.25, 0.3) is 0 Å². The van der Waals surface area contributed by atoms with E-state index in [0.29, 0.717) is 23.4 Å². The summed E-state index contributed by atoms with van der Waals surface area (Å²) in [6.45, 7) is 7.32. The molecule has 0 saturated heterocycles. The zero-order valence-electron chi connectivity index (χ0n) is 19.1. The van der Waals surface area contributed by atoms with E-state index in [1.54, 1.807) is 19.9 Å². The number of ether oxygens (including phenoxy) is 2. The Labute approximate surface area is 188 Å². The molecule has 9 heteroatoms. The van der Waals surface area contributed by atoms with Gasteiger partial charge in [0.15, 0.2) is 0 Å². The molecule has 174 valence electrons. The van der Waals surface area contributed by atoms with Crippen molar-refractivity contribution in [1.29, 1.82) is 0 Å². The highest BCUT2D eigenvalue weighted by Crippen LogP contribution is 2.40. The van der Waals surface area contributed by atoms with Crippen molar-refractivity contribution >= 4 is 23.3 Å². The lowest BCUT2D eigenvalue weighted by Gasteiger charge is -2.31. The molecule has 1 aliphatic rings. The van der Waals surface area contributed by atoms with Crippen molar-refractivity contribution in [2.75, 3.05) is 26.8 Å². The first kappa shape index (κ1) is 25.2. The predicted octanol–water partition coefficient (Wildman–Crippen LogP) is 3.54. The second kappa shape index (κ2) is 12.1. The van der Waals surface area contributed by atoms with E-state index in [-0.39, 0.29) is 17.9 Å². The molecule has 0 bridgehead atoms. The number of methoxy groups -OCH3 is 1. The Morgan fingerprint density at radius 3 is 2.59 bits per heavy atom. The largest absolute Gasteiger partial charge is 0.468 e. The fraction of sp³-hybridized carbons (Fsp3) is 0.522. The number of hydrogen-bond donors (Lipinski definition) is 1. The molecule has 1 aliphatic heterocycles. The van der Waals surface area contributed by atoms with E-state index in [9.17, 15) is 19.7 Å². The number of nitro groups is 1. The van der Waals surface area contributed by atoms with Crippen LogP contribution in [0.15, 0.2) is 40.5 Å². The van der Waals surface area contributed by atoms with Gasteiger partial charge in [0.05, 0.1) is 24.2 Å². The smallest absolute Gasteiger partial charge is 0.336 e. The molecule has 0 spiro atoms. The number of aliphatic imine (C=N–C) groups is 1. The summed E-state index contributed by atoms with van der Waals surface area (Å²) in [4.78, 5) is 40.9. The van der Waals surface area contributed by atoms with E-state index < -0.39 is 28.7 Å². The molecule has 1 aromatic rings. The van der Waals surface area contributed by atoms with Gasteiger partial charge < -0.3 is 14.8 Å². The van der Waals surface area contributed by atoms with Crippen LogP contribution < -0.4 is 5.32 Å². The minimum Gasteiger partial charge on any atom is -0.468 e. The number of nitro benzene ring substituents is 1. The number of non-ortho nitro benzene ring substituents is 1. The highest BCUT2D eigenvalue weighted by Gasteiger charge is 2.42. The average molecular weight is 446 g/mol. The summed E-state index contributed by atoms with van der Waals surface area (Å²) in [5.41, 5.74) is 1.43. The Balaban J connectivity index is 2.31. The molecule has 0 aromatic heterocycles. The first-order valence-electron chi connectivity index (χ1n) is 10.8. The molecule has 1 N–H and O–H groups in total. The average Bonchev–Trinajstić information content (AvgIpc) is 2.77. The van der Waals surface area contributed by atoms with E-state index in [4.69, 9.17) is 9.47 Å². The van der Waals surface area contributed by atoms with Crippen molar-refractivity contribution in [1.82, 2.24) is 5.32 Å². The number of carbonyl (C=O) groups excluding carboxylic acids is 2. The second-order valence-electron chi connectivity index (χ2n) is 7.68. The topological polar surface area (TPSA) is 120 Å². The van der Waals surface area contributed by atoms with Gasteiger partial charge in [-0.15, -0.1) is 0 Å². The van der Waals surface area contributed by atoms with Crippen molar-refractivity contribution < 1.29 is 24.0 Å². The van der Waals surface area contributed by atoms with Gasteiger partial charge in [-0.25, -0.2) is 4.79 Å². The summed E-state index contributed by atoms with van der Waals surface area (Å²) >= 11 is 0. The molecule has 0 radical (unpaired) electrons. The molecule has 0 amide bonds. The Kier molecular flexibility index (Phi) is 9.52. The third-order valence-corrected chi connectivity index (χ3v) is 5.38. The molecule has 2 atom stereocenters. The molecule has 2 unspecified atom stereocenters.